The van der Waals surface area contributed by atoms with E-state index < -0.39 is 0 Å². The van der Waals surface area contributed by atoms with Crippen molar-refractivity contribution in [3.8, 4) is 5.75 Å². The highest BCUT2D eigenvalue weighted by Crippen LogP contribution is 2.19. The lowest BCUT2D eigenvalue weighted by Crippen LogP contribution is -2.13. The minimum atomic E-state index is 0.103. The van der Waals surface area contributed by atoms with E-state index in [-0.39, 0.29) is 11.3 Å². The molecule has 0 aliphatic rings. The quantitative estimate of drug-likeness (QED) is 0.365. The predicted molar refractivity (Wildman–Crippen MR) is 68.5 cm³/mol. The summed E-state index contributed by atoms with van der Waals surface area (Å²) >= 11 is 0. The second-order valence-corrected chi connectivity index (χ2v) is 5.17. The first kappa shape index (κ1) is 13.4. The normalized spacial score (nSPS) is 12.5. The van der Waals surface area contributed by atoms with Crippen LogP contribution in [0.1, 0.15) is 32.8 Å². The molecule has 4 nitrogen and oxygen atoms in total. The number of rotatable bonds is 4. The number of hydrogen-bond donors (Lipinski definition) is 2. The first-order chi connectivity index (χ1) is 7.92. The number of ether oxygens (including phenoxy) is 1. The molecule has 1 rings (SSSR count). The van der Waals surface area contributed by atoms with E-state index in [0.29, 0.717) is 12.2 Å². The van der Waals surface area contributed by atoms with Crippen molar-refractivity contribution in [2.75, 3.05) is 6.61 Å². The van der Waals surface area contributed by atoms with Crippen molar-refractivity contribution < 1.29 is 9.94 Å². The maximum atomic E-state index is 8.52. The molecule has 0 aliphatic heterocycles. The van der Waals surface area contributed by atoms with Gasteiger partial charge in [0.2, 0.25) is 0 Å². The van der Waals surface area contributed by atoms with Crippen molar-refractivity contribution in [2.24, 2.45) is 16.3 Å². The summed E-state index contributed by atoms with van der Waals surface area (Å²) in [6, 6.07) is 7.16. The van der Waals surface area contributed by atoms with Gasteiger partial charge in [-0.3, -0.25) is 0 Å². The second-order valence-electron chi connectivity index (χ2n) is 5.17. The third-order valence-electron chi connectivity index (χ3n) is 2.38. The van der Waals surface area contributed by atoms with Crippen LogP contribution in [-0.2, 0) is 0 Å². The Bertz CT molecular complexity index is 377. The standard InChI is InChI=1S/C13H20N2O2/c1-13(2,3)8-9-17-11-6-4-10(5-7-11)12(14)15-16/h4-7,16H,8-9H2,1-3H3,(H2,14,15). The molecule has 0 aliphatic carbocycles. The smallest absolute Gasteiger partial charge is 0.170 e. The van der Waals surface area contributed by atoms with Crippen LogP contribution in [0.4, 0.5) is 0 Å². The van der Waals surface area contributed by atoms with Gasteiger partial charge < -0.3 is 15.7 Å². The molecule has 0 spiro atoms. The minimum Gasteiger partial charge on any atom is -0.494 e. The van der Waals surface area contributed by atoms with E-state index in [1.54, 1.807) is 12.1 Å². The Labute approximate surface area is 102 Å². The molecule has 0 radical (unpaired) electrons. The first-order valence-electron chi connectivity index (χ1n) is 5.63. The molecule has 0 heterocycles. The zero-order valence-electron chi connectivity index (χ0n) is 10.6. The Kier molecular flexibility index (Phi) is 4.37. The van der Waals surface area contributed by atoms with Crippen LogP contribution >= 0.6 is 0 Å². The molecule has 0 saturated heterocycles. The minimum absolute atomic E-state index is 0.103. The van der Waals surface area contributed by atoms with Crippen LogP contribution in [0.25, 0.3) is 0 Å². The van der Waals surface area contributed by atoms with Crippen molar-refractivity contribution in [3.63, 3.8) is 0 Å². The van der Waals surface area contributed by atoms with Crippen molar-refractivity contribution >= 4 is 5.84 Å². The lowest BCUT2D eigenvalue weighted by atomic mass is 9.93. The maximum Gasteiger partial charge on any atom is 0.170 e. The topological polar surface area (TPSA) is 67.8 Å². The monoisotopic (exact) mass is 236 g/mol. The van der Waals surface area contributed by atoms with Gasteiger partial charge in [0.1, 0.15) is 5.75 Å². The fourth-order valence-corrected chi connectivity index (χ4v) is 1.25. The van der Waals surface area contributed by atoms with Crippen molar-refractivity contribution in [3.05, 3.63) is 29.8 Å². The molecule has 4 heteroatoms. The highest BCUT2D eigenvalue weighted by molar-refractivity contribution is 5.97. The van der Waals surface area contributed by atoms with E-state index in [1.807, 2.05) is 12.1 Å². The molecule has 0 fully saturated rings. The van der Waals surface area contributed by atoms with Gasteiger partial charge in [-0.05, 0) is 36.1 Å². The zero-order chi connectivity index (χ0) is 12.9. The molecule has 1 aromatic carbocycles. The van der Waals surface area contributed by atoms with Gasteiger partial charge in [0, 0.05) is 5.56 Å². The molecule has 1 aromatic rings. The van der Waals surface area contributed by atoms with E-state index in [9.17, 15) is 0 Å². The third kappa shape index (κ3) is 4.76. The molecular weight excluding hydrogens is 216 g/mol. The van der Waals surface area contributed by atoms with Crippen LogP contribution in [0, 0.1) is 5.41 Å². The molecule has 0 atom stereocenters. The maximum absolute atomic E-state index is 8.52. The van der Waals surface area contributed by atoms with Gasteiger partial charge in [-0.25, -0.2) is 0 Å². The summed E-state index contributed by atoms with van der Waals surface area (Å²) in [4.78, 5) is 0. The Morgan fingerprint density at radius 3 is 2.35 bits per heavy atom. The van der Waals surface area contributed by atoms with E-state index >= 15 is 0 Å². The summed E-state index contributed by atoms with van der Waals surface area (Å²) in [6.07, 6.45) is 0.995. The fraction of sp³-hybridized carbons (Fsp3) is 0.462. The number of hydrogen-bond acceptors (Lipinski definition) is 3. The average molecular weight is 236 g/mol. The highest BCUT2D eigenvalue weighted by Gasteiger charge is 2.09. The summed E-state index contributed by atoms with van der Waals surface area (Å²) < 4.78 is 5.61. The van der Waals surface area contributed by atoms with Gasteiger partial charge in [-0.15, -0.1) is 0 Å². The summed E-state index contributed by atoms with van der Waals surface area (Å²) in [6.45, 7) is 7.22. The van der Waals surface area contributed by atoms with Crippen molar-refractivity contribution in [2.45, 2.75) is 27.2 Å². The Hall–Kier alpha value is -1.71. The predicted octanol–water partition coefficient (Wildman–Crippen LogP) is 2.60. The van der Waals surface area contributed by atoms with Gasteiger partial charge >= 0.3 is 0 Å². The SMILES string of the molecule is CC(C)(C)CCOc1ccc(/C(N)=N/O)cc1. The first-order valence-corrected chi connectivity index (χ1v) is 5.63. The average Bonchev–Trinajstić information content (AvgIpc) is 2.27. The summed E-state index contributed by atoms with van der Waals surface area (Å²) in [7, 11) is 0. The van der Waals surface area contributed by atoms with E-state index in [0.717, 1.165) is 12.2 Å². The van der Waals surface area contributed by atoms with E-state index in [2.05, 4.69) is 25.9 Å². The lowest BCUT2D eigenvalue weighted by molar-refractivity contribution is 0.243. The second kappa shape index (κ2) is 5.57. The van der Waals surface area contributed by atoms with Crippen molar-refractivity contribution in [1.82, 2.24) is 0 Å². The zero-order valence-corrected chi connectivity index (χ0v) is 10.6. The fourth-order valence-electron chi connectivity index (χ4n) is 1.25. The van der Waals surface area contributed by atoms with Gasteiger partial charge in [0.15, 0.2) is 5.84 Å². The van der Waals surface area contributed by atoms with E-state index in [4.69, 9.17) is 15.7 Å². The number of nitrogens with two attached hydrogens (primary N) is 1. The number of benzene rings is 1. The number of amidine groups is 1. The molecular formula is C13H20N2O2. The molecule has 17 heavy (non-hydrogen) atoms. The summed E-state index contributed by atoms with van der Waals surface area (Å²) in [5.74, 6) is 0.898. The van der Waals surface area contributed by atoms with Crippen LogP contribution in [-0.4, -0.2) is 17.6 Å². The van der Waals surface area contributed by atoms with Crippen LogP contribution < -0.4 is 10.5 Å². The Morgan fingerprint density at radius 2 is 1.88 bits per heavy atom. The molecule has 3 N–H and O–H groups in total. The molecule has 0 aromatic heterocycles. The summed E-state index contributed by atoms with van der Waals surface area (Å²) in [5.41, 5.74) is 6.41. The Morgan fingerprint density at radius 1 is 1.29 bits per heavy atom. The van der Waals surface area contributed by atoms with Gasteiger partial charge in [-0.2, -0.15) is 0 Å². The summed E-state index contributed by atoms with van der Waals surface area (Å²) in [5, 5.41) is 11.5. The number of nitrogens with zero attached hydrogens (tertiary/aromatic N) is 1. The lowest BCUT2D eigenvalue weighted by Gasteiger charge is -2.18. The molecule has 0 unspecified atom stereocenters. The number of oxime groups is 1. The van der Waals surface area contributed by atoms with Gasteiger partial charge in [0.25, 0.3) is 0 Å². The molecule has 0 bridgehead atoms. The van der Waals surface area contributed by atoms with Gasteiger partial charge in [-0.1, -0.05) is 25.9 Å². The molecule has 94 valence electrons. The largest absolute Gasteiger partial charge is 0.494 e. The van der Waals surface area contributed by atoms with Crippen LogP contribution in [0.15, 0.2) is 29.4 Å². The van der Waals surface area contributed by atoms with Crippen LogP contribution in [0.2, 0.25) is 0 Å². The van der Waals surface area contributed by atoms with Gasteiger partial charge in [0.05, 0.1) is 6.61 Å². The van der Waals surface area contributed by atoms with Crippen LogP contribution in [0.3, 0.4) is 0 Å². The van der Waals surface area contributed by atoms with Crippen molar-refractivity contribution in [1.29, 1.82) is 0 Å². The third-order valence-corrected chi connectivity index (χ3v) is 2.38. The molecule has 0 amide bonds. The van der Waals surface area contributed by atoms with E-state index in [1.165, 1.54) is 0 Å². The molecule has 0 saturated carbocycles. The Balaban J connectivity index is 2.52. The van der Waals surface area contributed by atoms with Crippen LogP contribution in [0.5, 0.6) is 5.75 Å². The highest BCUT2D eigenvalue weighted by atomic mass is 16.5.